The highest BCUT2D eigenvalue weighted by atomic mass is 79.9. The van der Waals surface area contributed by atoms with E-state index in [-0.39, 0.29) is 5.56 Å². The maximum atomic E-state index is 11.7. The quantitative estimate of drug-likeness (QED) is 0.752. The van der Waals surface area contributed by atoms with Gasteiger partial charge in [-0.25, -0.2) is 0 Å². The van der Waals surface area contributed by atoms with Crippen LogP contribution in [0.5, 0.6) is 0 Å². The molecule has 0 fully saturated rings. The van der Waals surface area contributed by atoms with Gasteiger partial charge in [0.1, 0.15) is 0 Å². The van der Waals surface area contributed by atoms with Gasteiger partial charge in [-0.2, -0.15) is 0 Å². The van der Waals surface area contributed by atoms with Gasteiger partial charge >= 0.3 is 0 Å². The van der Waals surface area contributed by atoms with Crippen LogP contribution in [0.3, 0.4) is 0 Å². The van der Waals surface area contributed by atoms with E-state index < -0.39 is 0 Å². The Hall–Kier alpha value is -0.570. The average Bonchev–Trinajstić information content (AvgIpc) is 2.19. The monoisotopic (exact) mass is 271 g/mol. The lowest BCUT2D eigenvalue weighted by Gasteiger charge is -2.07. The second kappa shape index (κ2) is 6.11. The zero-order valence-electron chi connectivity index (χ0n) is 9.42. The van der Waals surface area contributed by atoms with Gasteiger partial charge in [0.05, 0.1) is 4.47 Å². The summed E-state index contributed by atoms with van der Waals surface area (Å²) < 4.78 is 2.47. The minimum absolute atomic E-state index is 0.0806. The fraction of sp³-hybridized carbons (Fsp3) is 0.583. The predicted molar refractivity (Wildman–Crippen MR) is 67.3 cm³/mol. The number of aromatic nitrogens is 1. The molecule has 1 aromatic heterocycles. The van der Waals surface area contributed by atoms with Crippen molar-refractivity contribution >= 4 is 15.9 Å². The summed E-state index contributed by atoms with van der Waals surface area (Å²) in [6.45, 7) is 5.03. The summed E-state index contributed by atoms with van der Waals surface area (Å²) in [4.78, 5) is 11.7. The van der Waals surface area contributed by atoms with Crippen LogP contribution in [0.25, 0.3) is 0 Å². The highest BCUT2D eigenvalue weighted by Crippen LogP contribution is 2.07. The first-order valence-electron chi connectivity index (χ1n) is 5.51. The topological polar surface area (TPSA) is 22.0 Å². The van der Waals surface area contributed by atoms with Gasteiger partial charge in [0.2, 0.25) is 0 Å². The van der Waals surface area contributed by atoms with E-state index in [1.54, 1.807) is 4.57 Å². The molecule has 0 unspecified atom stereocenters. The van der Waals surface area contributed by atoms with Crippen LogP contribution in [0.2, 0.25) is 0 Å². The molecule has 1 aromatic rings. The molecule has 1 heterocycles. The molecule has 15 heavy (non-hydrogen) atoms. The lowest BCUT2D eigenvalue weighted by atomic mass is 10.2. The molecule has 0 saturated carbocycles. The SMILES string of the molecule is CCCCCCn1cc(C)cc(Br)c1=O. The molecule has 3 heteroatoms. The van der Waals surface area contributed by atoms with Crippen LogP contribution in [0.4, 0.5) is 0 Å². The van der Waals surface area contributed by atoms with Crippen molar-refractivity contribution in [3.63, 3.8) is 0 Å². The number of pyridine rings is 1. The van der Waals surface area contributed by atoms with Crippen LogP contribution >= 0.6 is 15.9 Å². The zero-order valence-corrected chi connectivity index (χ0v) is 11.0. The van der Waals surface area contributed by atoms with E-state index in [4.69, 9.17) is 0 Å². The third-order valence-corrected chi connectivity index (χ3v) is 3.00. The molecule has 0 aromatic carbocycles. The van der Waals surface area contributed by atoms with Crippen molar-refractivity contribution in [3.8, 4) is 0 Å². The zero-order chi connectivity index (χ0) is 11.3. The van der Waals surface area contributed by atoms with Crippen molar-refractivity contribution in [2.45, 2.75) is 46.1 Å². The molecular formula is C12H18BrNO. The van der Waals surface area contributed by atoms with Crippen molar-refractivity contribution in [3.05, 3.63) is 32.7 Å². The average molecular weight is 272 g/mol. The van der Waals surface area contributed by atoms with Crippen LogP contribution in [0.15, 0.2) is 21.5 Å². The van der Waals surface area contributed by atoms with Gasteiger partial charge < -0.3 is 4.57 Å². The molecule has 0 saturated heterocycles. The highest BCUT2D eigenvalue weighted by molar-refractivity contribution is 9.10. The van der Waals surface area contributed by atoms with E-state index >= 15 is 0 Å². The Balaban J connectivity index is 2.64. The lowest BCUT2D eigenvalue weighted by Crippen LogP contribution is -2.20. The first-order valence-corrected chi connectivity index (χ1v) is 6.31. The summed E-state index contributed by atoms with van der Waals surface area (Å²) >= 11 is 3.29. The van der Waals surface area contributed by atoms with Crippen LogP contribution < -0.4 is 5.56 Å². The third kappa shape index (κ3) is 3.82. The molecule has 0 aliphatic rings. The van der Waals surface area contributed by atoms with Crippen LogP contribution in [-0.2, 0) is 6.54 Å². The molecule has 0 N–H and O–H groups in total. The Morgan fingerprint density at radius 3 is 2.73 bits per heavy atom. The molecule has 2 nitrogen and oxygen atoms in total. The van der Waals surface area contributed by atoms with Gasteiger partial charge in [0.15, 0.2) is 0 Å². The Morgan fingerprint density at radius 2 is 2.07 bits per heavy atom. The molecule has 0 amide bonds. The smallest absolute Gasteiger partial charge is 0.264 e. The fourth-order valence-electron chi connectivity index (χ4n) is 1.62. The van der Waals surface area contributed by atoms with Crippen molar-refractivity contribution in [2.75, 3.05) is 0 Å². The molecule has 0 aliphatic carbocycles. The van der Waals surface area contributed by atoms with Crippen molar-refractivity contribution in [2.24, 2.45) is 0 Å². The van der Waals surface area contributed by atoms with Gasteiger partial charge in [-0.3, -0.25) is 4.79 Å². The van der Waals surface area contributed by atoms with Gasteiger partial charge in [0.25, 0.3) is 5.56 Å². The normalized spacial score (nSPS) is 10.6. The van der Waals surface area contributed by atoms with Gasteiger partial charge in [-0.05, 0) is 40.9 Å². The largest absolute Gasteiger partial charge is 0.314 e. The van der Waals surface area contributed by atoms with E-state index in [2.05, 4.69) is 22.9 Å². The predicted octanol–water partition coefficient (Wildman–Crippen LogP) is 3.50. The van der Waals surface area contributed by atoms with E-state index in [9.17, 15) is 4.79 Å². The first kappa shape index (κ1) is 12.5. The van der Waals surface area contributed by atoms with E-state index in [0.29, 0.717) is 4.47 Å². The summed E-state index contributed by atoms with van der Waals surface area (Å²) in [6, 6.07) is 1.87. The minimum Gasteiger partial charge on any atom is -0.314 e. The summed E-state index contributed by atoms with van der Waals surface area (Å²) in [5.41, 5.74) is 1.20. The molecule has 84 valence electrons. The van der Waals surface area contributed by atoms with Gasteiger partial charge in [-0.15, -0.1) is 0 Å². The number of halogens is 1. The highest BCUT2D eigenvalue weighted by Gasteiger charge is 2.01. The minimum atomic E-state index is 0.0806. The molecular weight excluding hydrogens is 254 g/mol. The Kier molecular flexibility index (Phi) is 5.09. The van der Waals surface area contributed by atoms with Gasteiger partial charge in [0, 0.05) is 12.7 Å². The number of hydrogen-bond acceptors (Lipinski definition) is 1. The summed E-state index contributed by atoms with van der Waals surface area (Å²) in [6.07, 6.45) is 6.70. The fourth-order valence-corrected chi connectivity index (χ4v) is 2.20. The Morgan fingerprint density at radius 1 is 1.33 bits per heavy atom. The van der Waals surface area contributed by atoms with Crippen molar-refractivity contribution in [1.29, 1.82) is 0 Å². The Labute approximate surface area is 99.4 Å². The molecule has 0 bridgehead atoms. The van der Waals surface area contributed by atoms with Crippen LogP contribution in [0.1, 0.15) is 38.2 Å². The number of rotatable bonds is 5. The Bertz CT molecular complexity index is 370. The summed E-state index contributed by atoms with van der Waals surface area (Å²) in [5.74, 6) is 0. The summed E-state index contributed by atoms with van der Waals surface area (Å²) in [5, 5.41) is 0. The first-order chi connectivity index (χ1) is 7.15. The number of hydrogen-bond donors (Lipinski definition) is 0. The lowest BCUT2D eigenvalue weighted by molar-refractivity contribution is 0.568. The van der Waals surface area contributed by atoms with E-state index in [1.165, 1.54) is 19.3 Å². The second-order valence-corrected chi connectivity index (χ2v) is 4.78. The van der Waals surface area contributed by atoms with E-state index in [1.807, 2.05) is 19.2 Å². The second-order valence-electron chi connectivity index (χ2n) is 3.92. The number of unbranched alkanes of at least 4 members (excludes halogenated alkanes) is 3. The molecule has 0 aliphatic heterocycles. The van der Waals surface area contributed by atoms with Crippen molar-refractivity contribution < 1.29 is 0 Å². The maximum absolute atomic E-state index is 11.7. The third-order valence-electron chi connectivity index (χ3n) is 2.43. The van der Waals surface area contributed by atoms with Crippen molar-refractivity contribution in [1.82, 2.24) is 4.57 Å². The molecule has 0 spiro atoms. The molecule has 1 rings (SSSR count). The number of nitrogens with zero attached hydrogens (tertiary/aromatic N) is 1. The van der Waals surface area contributed by atoms with E-state index in [0.717, 1.165) is 18.5 Å². The molecule has 0 radical (unpaired) electrons. The van der Waals surface area contributed by atoms with Crippen LogP contribution in [-0.4, -0.2) is 4.57 Å². The maximum Gasteiger partial charge on any atom is 0.264 e. The van der Waals surface area contributed by atoms with Crippen LogP contribution in [0, 0.1) is 6.92 Å². The molecule has 0 atom stereocenters. The summed E-state index contributed by atoms with van der Waals surface area (Å²) in [7, 11) is 0. The van der Waals surface area contributed by atoms with Gasteiger partial charge in [-0.1, -0.05) is 26.2 Å². The number of aryl methyl sites for hydroxylation is 2. The standard InChI is InChI=1S/C12H18BrNO/c1-3-4-5-6-7-14-9-10(2)8-11(13)12(14)15/h8-9H,3-7H2,1-2H3.